The van der Waals surface area contributed by atoms with Gasteiger partial charge in [-0.15, -0.1) is 0 Å². The number of hydrogen-bond donors (Lipinski definition) is 1. The van der Waals surface area contributed by atoms with Gasteiger partial charge >= 0.3 is 0 Å². The fraction of sp³-hybridized carbons (Fsp3) is 0.370. The molecule has 3 aromatic rings. The molecule has 0 saturated carbocycles. The topological polar surface area (TPSA) is 64.0 Å². The van der Waals surface area contributed by atoms with Crippen LogP contribution in [0.5, 0.6) is 0 Å². The highest BCUT2D eigenvalue weighted by Gasteiger charge is 2.35. The number of rotatable bonds is 3. The van der Waals surface area contributed by atoms with Gasteiger partial charge in [0.1, 0.15) is 0 Å². The first-order valence-electron chi connectivity index (χ1n) is 11.4. The summed E-state index contributed by atoms with van der Waals surface area (Å²) in [6, 6.07) is 16.0. The number of ketones is 1. The van der Waals surface area contributed by atoms with Crippen LogP contribution in [0, 0.1) is 12.3 Å². The summed E-state index contributed by atoms with van der Waals surface area (Å²) in [5, 5.41) is 7.88. The minimum absolute atomic E-state index is 0.0566. The van der Waals surface area contributed by atoms with Crippen molar-refractivity contribution in [3.05, 3.63) is 82.2 Å². The van der Waals surface area contributed by atoms with Crippen LogP contribution < -0.4 is 5.32 Å². The Morgan fingerprint density at radius 1 is 1.09 bits per heavy atom. The number of Topliss-reactive ketones (excluding diaryl/α,β-unsaturated/α-hetero) is 1. The predicted octanol–water partition coefficient (Wildman–Crippen LogP) is 5.14. The van der Waals surface area contributed by atoms with E-state index in [2.05, 4.69) is 42.5 Å². The molecule has 0 saturated heterocycles. The lowest BCUT2D eigenvalue weighted by Crippen LogP contribution is -2.31. The number of fused-ring (bicyclic) bond motifs is 2. The maximum absolute atomic E-state index is 13.0. The number of benzene rings is 2. The largest absolute Gasteiger partial charge is 0.345 e. The second-order valence-corrected chi connectivity index (χ2v) is 9.92. The van der Waals surface area contributed by atoms with Gasteiger partial charge in [0.25, 0.3) is 5.91 Å². The first kappa shape index (κ1) is 20.7. The summed E-state index contributed by atoms with van der Waals surface area (Å²) in [6.45, 7) is 6.14. The van der Waals surface area contributed by atoms with Crippen LogP contribution in [0.4, 0.5) is 0 Å². The van der Waals surface area contributed by atoms with Crippen molar-refractivity contribution >= 4 is 11.7 Å². The SMILES string of the molecule is Cc1nn(-c2ccc(C(=O)N[C@H]3CCCc4ccccc43)cc2)c2c1C(=O)CC(C)(C)C2. The van der Waals surface area contributed by atoms with E-state index in [9.17, 15) is 9.59 Å². The Labute approximate surface area is 188 Å². The third-order valence-corrected chi connectivity index (χ3v) is 6.77. The lowest BCUT2D eigenvalue weighted by atomic mass is 9.75. The molecule has 2 aliphatic carbocycles. The summed E-state index contributed by atoms with van der Waals surface area (Å²) in [4.78, 5) is 25.6. The van der Waals surface area contributed by atoms with E-state index >= 15 is 0 Å². The zero-order valence-electron chi connectivity index (χ0n) is 18.9. The lowest BCUT2D eigenvalue weighted by molar-refractivity contribution is 0.0907. The number of nitrogens with zero attached hydrogens (tertiary/aromatic N) is 2. The molecule has 2 aromatic carbocycles. The Morgan fingerprint density at radius 2 is 1.84 bits per heavy atom. The van der Waals surface area contributed by atoms with Crippen LogP contribution in [0.1, 0.15) is 82.4 Å². The molecule has 1 heterocycles. The van der Waals surface area contributed by atoms with Crippen LogP contribution >= 0.6 is 0 Å². The summed E-state index contributed by atoms with van der Waals surface area (Å²) in [5.41, 5.74) is 6.50. The molecule has 0 bridgehead atoms. The molecule has 32 heavy (non-hydrogen) atoms. The number of hydrogen-bond acceptors (Lipinski definition) is 3. The van der Waals surface area contributed by atoms with Crippen molar-refractivity contribution in [2.24, 2.45) is 5.41 Å². The quantitative estimate of drug-likeness (QED) is 0.629. The van der Waals surface area contributed by atoms with Gasteiger partial charge in [0, 0.05) is 12.0 Å². The molecular weight excluding hydrogens is 398 g/mol. The summed E-state index contributed by atoms with van der Waals surface area (Å²) in [5.74, 6) is 0.108. The molecule has 0 unspecified atom stereocenters. The highest BCUT2D eigenvalue weighted by atomic mass is 16.1. The molecule has 5 rings (SSSR count). The maximum Gasteiger partial charge on any atom is 0.251 e. The van der Waals surface area contributed by atoms with Gasteiger partial charge in [0.05, 0.1) is 28.7 Å². The van der Waals surface area contributed by atoms with E-state index in [0.29, 0.717) is 12.0 Å². The number of aryl methyl sites for hydroxylation is 2. The Morgan fingerprint density at radius 3 is 2.62 bits per heavy atom. The standard InChI is InChI=1S/C27H29N3O2/c1-17-25-23(15-27(2,3)16-24(25)31)30(29-17)20-13-11-19(12-14-20)26(32)28-22-10-6-8-18-7-4-5-9-21(18)22/h4-5,7,9,11-14,22H,6,8,10,15-16H2,1-3H3,(H,28,32)/t22-/m0/s1. The second-order valence-electron chi connectivity index (χ2n) is 9.92. The normalized spacial score (nSPS) is 19.2. The third-order valence-electron chi connectivity index (χ3n) is 6.77. The zero-order chi connectivity index (χ0) is 22.5. The molecule has 0 radical (unpaired) electrons. The van der Waals surface area contributed by atoms with Gasteiger partial charge in [-0.05, 0) is 73.4 Å². The second kappa shape index (κ2) is 7.73. The van der Waals surface area contributed by atoms with Gasteiger partial charge < -0.3 is 5.32 Å². The Balaban J connectivity index is 1.39. The van der Waals surface area contributed by atoms with Crippen molar-refractivity contribution in [1.29, 1.82) is 0 Å². The number of carbonyl (C=O) groups excluding carboxylic acids is 2. The number of nitrogens with one attached hydrogen (secondary N) is 1. The molecule has 0 aliphatic heterocycles. The van der Waals surface area contributed by atoms with Crippen molar-refractivity contribution in [3.63, 3.8) is 0 Å². The fourth-order valence-electron chi connectivity index (χ4n) is 5.25. The van der Waals surface area contributed by atoms with Crippen LogP contribution in [0.15, 0.2) is 48.5 Å². The third kappa shape index (κ3) is 3.66. The molecule has 0 fully saturated rings. The average Bonchev–Trinajstić information content (AvgIpc) is 3.09. The minimum Gasteiger partial charge on any atom is -0.345 e. The first-order chi connectivity index (χ1) is 15.3. The molecule has 0 spiro atoms. The summed E-state index contributed by atoms with van der Waals surface area (Å²) in [6.07, 6.45) is 4.47. The highest BCUT2D eigenvalue weighted by molar-refractivity contribution is 6.00. The van der Waals surface area contributed by atoms with Crippen molar-refractivity contribution in [2.45, 2.75) is 58.9 Å². The van der Waals surface area contributed by atoms with Crippen molar-refractivity contribution in [2.75, 3.05) is 0 Å². The van der Waals surface area contributed by atoms with E-state index in [1.54, 1.807) is 0 Å². The molecule has 2 aliphatic rings. The van der Waals surface area contributed by atoms with Gasteiger partial charge in [-0.2, -0.15) is 5.10 Å². The van der Waals surface area contributed by atoms with Gasteiger partial charge in [0.15, 0.2) is 5.78 Å². The van der Waals surface area contributed by atoms with E-state index in [1.807, 2.05) is 41.9 Å². The van der Waals surface area contributed by atoms with E-state index in [-0.39, 0.29) is 23.1 Å². The molecule has 5 nitrogen and oxygen atoms in total. The maximum atomic E-state index is 13.0. The minimum atomic E-state index is -0.0789. The van der Waals surface area contributed by atoms with Crippen molar-refractivity contribution < 1.29 is 9.59 Å². The van der Waals surface area contributed by atoms with Crippen LogP contribution in [0.25, 0.3) is 5.69 Å². The first-order valence-corrected chi connectivity index (χ1v) is 11.4. The monoisotopic (exact) mass is 427 g/mol. The molecule has 1 amide bonds. The van der Waals surface area contributed by atoms with E-state index in [1.165, 1.54) is 11.1 Å². The smallest absolute Gasteiger partial charge is 0.251 e. The lowest BCUT2D eigenvalue weighted by Gasteiger charge is -2.29. The molecular formula is C27H29N3O2. The molecule has 1 aromatic heterocycles. The van der Waals surface area contributed by atoms with Gasteiger partial charge in [-0.3, -0.25) is 9.59 Å². The predicted molar refractivity (Wildman–Crippen MR) is 124 cm³/mol. The Hall–Kier alpha value is -3.21. The summed E-state index contributed by atoms with van der Waals surface area (Å²) < 4.78 is 1.88. The van der Waals surface area contributed by atoms with Gasteiger partial charge in [0.2, 0.25) is 0 Å². The highest BCUT2D eigenvalue weighted by Crippen LogP contribution is 2.37. The van der Waals surface area contributed by atoms with Crippen LogP contribution in [0.2, 0.25) is 0 Å². The summed E-state index contributed by atoms with van der Waals surface area (Å²) >= 11 is 0. The average molecular weight is 428 g/mol. The van der Waals surface area contributed by atoms with E-state index in [4.69, 9.17) is 0 Å². The number of aromatic nitrogens is 2. The van der Waals surface area contributed by atoms with Crippen molar-refractivity contribution in [3.8, 4) is 5.69 Å². The van der Waals surface area contributed by atoms with E-state index in [0.717, 1.165) is 48.3 Å². The summed E-state index contributed by atoms with van der Waals surface area (Å²) in [7, 11) is 0. The van der Waals surface area contributed by atoms with Crippen molar-refractivity contribution in [1.82, 2.24) is 15.1 Å². The van der Waals surface area contributed by atoms with Crippen LogP contribution in [-0.2, 0) is 12.8 Å². The van der Waals surface area contributed by atoms with Gasteiger partial charge in [-0.1, -0.05) is 38.1 Å². The molecule has 1 atom stereocenters. The fourth-order valence-corrected chi connectivity index (χ4v) is 5.25. The van der Waals surface area contributed by atoms with Gasteiger partial charge in [-0.25, -0.2) is 4.68 Å². The number of amides is 1. The van der Waals surface area contributed by atoms with E-state index < -0.39 is 0 Å². The molecule has 164 valence electrons. The Kier molecular flexibility index (Phi) is 5.00. The molecule has 5 heteroatoms. The zero-order valence-corrected chi connectivity index (χ0v) is 18.9. The molecule has 1 N–H and O–H groups in total. The van der Waals surface area contributed by atoms with Crippen LogP contribution in [0.3, 0.4) is 0 Å². The van der Waals surface area contributed by atoms with Crippen LogP contribution in [-0.4, -0.2) is 21.5 Å². The number of carbonyl (C=O) groups is 2. The Bertz CT molecular complexity index is 1200.